The number of fused-ring (bicyclic) bond motifs is 1. The van der Waals surface area contributed by atoms with Gasteiger partial charge >= 0.3 is 0 Å². The molecular weight excluding hydrogens is 396 g/mol. The topological polar surface area (TPSA) is 64.3 Å². The summed E-state index contributed by atoms with van der Waals surface area (Å²) in [5.41, 5.74) is 12.4. The van der Waals surface area contributed by atoms with Crippen LogP contribution in [0.1, 0.15) is 12.5 Å². The molecule has 0 spiro atoms. The predicted molar refractivity (Wildman–Crippen MR) is 127 cm³/mol. The van der Waals surface area contributed by atoms with Crippen LogP contribution in [0.2, 0.25) is 5.02 Å². The van der Waals surface area contributed by atoms with Crippen molar-refractivity contribution in [3.05, 3.63) is 84.4 Å². The van der Waals surface area contributed by atoms with E-state index < -0.39 is 0 Å². The van der Waals surface area contributed by atoms with Gasteiger partial charge in [-0.2, -0.15) is 0 Å². The molecule has 4 rings (SSSR count). The Balaban J connectivity index is 0.000000806. The molecule has 0 unspecified atom stereocenters. The standard InChI is InChI=1S/C22H17ClN2O2.C3H6/c1-12-16-10-17(18(23)11-19(16)25-22(12)26)14-8-6-13(7-9-14)15-4-3-5-20(27-2)21(15)24;1-3-2/h3-11H,1,24H2,2H3,(H,25,26);3H,1H2,2H3. The molecule has 4 nitrogen and oxygen atoms in total. The van der Waals surface area contributed by atoms with Gasteiger partial charge in [0.05, 0.1) is 23.5 Å². The number of hydrogen-bond donors (Lipinski definition) is 2. The van der Waals surface area contributed by atoms with Crippen LogP contribution in [0, 0.1) is 0 Å². The quantitative estimate of drug-likeness (QED) is 0.293. The molecule has 0 bridgehead atoms. The Bertz CT molecular complexity index is 1130. The molecule has 1 heterocycles. The molecule has 152 valence electrons. The van der Waals surface area contributed by atoms with E-state index in [1.165, 1.54) is 0 Å². The Morgan fingerprint density at radius 1 is 1.03 bits per heavy atom. The van der Waals surface area contributed by atoms with Gasteiger partial charge in [0, 0.05) is 22.3 Å². The summed E-state index contributed by atoms with van der Waals surface area (Å²) in [4.78, 5) is 11.8. The van der Waals surface area contributed by atoms with Gasteiger partial charge in [-0.1, -0.05) is 60.7 Å². The molecule has 0 atom stereocenters. The van der Waals surface area contributed by atoms with Gasteiger partial charge in [-0.3, -0.25) is 4.79 Å². The van der Waals surface area contributed by atoms with E-state index in [1.54, 1.807) is 19.3 Å². The first-order valence-electron chi connectivity index (χ1n) is 9.35. The molecule has 1 aliphatic rings. The number of carbonyl (C=O) groups excluding carboxylic acids is 1. The van der Waals surface area contributed by atoms with Crippen LogP contribution < -0.4 is 15.8 Å². The summed E-state index contributed by atoms with van der Waals surface area (Å²) >= 11 is 6.44. The number of carbonyl (C=O) groups is 1. The second-order valence-corrected chi connectivity index (χ2v) is 7.12. The fraction of sp³-hybridized carbons (Fsp3) is 0.0800. The zero-order valence-electron chi connectivity index (χ0n) is 17.0. The van der Waals surface area contributed by atoms with Crippen molar-refractivity contribution in [1.29, 1.82) is 0 Å². The van der Waals surface area contributed by atoms with Gasteiger partial charge in [-0.15, -0.1) is 6.58 Å². The Morgan fingerprint density at radius 2 is 1.63 bits per heavy atom. The minimum atomic E-state index is -0.193. The zero-order chi connectivity index (χ0) is 21.8. The van der Waals surface area contributed by atoms with Crippen LogP contribution in [0.15, 0.2) is 73.8 Å². The van der Waals surface area contributed by atoms with Crippen LogP contribution in [0.5, 0.6) is 5.75 Å². The van der Waals surface area contributed by atoms with E-state index in [4.69, 9.17) is 22.1 Å². The molecule has 0 fully saturated rings. The lowest BCUT2D eigenvalue weighted by molar-refractivity contribution is -0.110. The maximum absolute atomic E-state index is 11.8. The average Bonchev–Trinajstić information content (AvgIpc) is 3.01. The van der Waals surface area contributed by atoms with E-state index in [0.29, 0.717) is 27.7 Å². The highest BCUT2D eigenvalue weighted by atomic mass is 35.5. The number of allylic oxidation sites excluding steroid dienone is 1. The highest BCUT2D eigenvalue weighted by molar-refractivity contribution is 6.36. The van der Waals surface area contributed by atoms with Crippen LogP contribution in [0.25, 0.3) is 27.8 Å². The second-order valence-electron chi connectivity index (χ2n) is 6.72. The SMILES string of the molecule is C=C1C(=O)Nc2cc(Cl)c(-c3ccc(-c4cccc(OC)c4N)cc3)cc21.C=CC. The molecule has 1 aliphatic heterocycles. The first-order valence-corrected chi connectivity index (χ1v) is 9.73. The number of anilines is 2. The summed E-state index contributed by atoms with van der Waals surface area (Å²) < 4.78 is 5.29. The van der Waals surface area contributed by atoms with Crippen LogP contribution >= 0.6 is 11.6 Å². The summed E-state index contributed by atoms with van der Waals surface area (Å²) in [6, 6.07) is 17.3. The smallest absolute Gasteiger partial charge is 0.255 e. The number of benzene rings is 3. The van der Waals surface area contributed by atoms with Crippen molar-refractivity contribution in [2.24, 2.45) is 0 Å². The molecule has 5 heteroatoms. The molecule has 0 radical (unpaired) electrons. The van der Waals surface area contributed by atoms with Gasteiger partial charge in [0.25, 0.3) is 5.91 Å². The Hall–Kier alpha value is -3.50. The number of nitrogens with one attached hydrogen (secondary N) is 1. The zero-order valence-corrected chi connectivity index (χ0v) is 17.7. The summed E-state index contributed by atoms with van der Waals surface area (Å²) in [5, 5.41) is 3.33. The van der Waals surface area contributed by atoms with Gasteiger partial charge in [0.1, 0.15) is 5.75 Å². The maximum atomic E-state index is 11.8. The van der Waals surface area contributed by atoms with Gasteiger partial charge < -0.3 is 15.8 Å². The van der Waals surface area contributed by atoms with E-state index in [-0.39, 0.29) is 5.91 Å². The largest absolute Gasteiger partial charge is 0.495 e. The predicted octanol–water partition coefficient (Wildman–Crippen LogP) is 6.42. The number of amides is 1. The molecule has 30 heavy (non-hydrogen) atoms. The van der Waals surface area contributed by atoms with Gasteiger partial charge in [-0.05, 0) is 36.2 Å². The van der Waals surface area contributed by atoms with Crippen molar-refractivity contribution < 1.29 is 9.53 Å². The monoisotopic (exact) mass is 418 g/mol. The van der Waals surface area contributed by atoms with Crippen molar-refractivity contribution >= 4 is 34.5 Å². The number of rotatable bonds is 3. The highest BCUT2D eigenvalue weighted by Gasteiger charge is 2.24. The normalized spacial score (nSPS) is 11.8. The molecule has 3 aromatic carbocycles. The maximum Gasteiger partial charge on any atom is 0.255 e. The van der Waals surface area contributed by atoms with Crippen LogP contribution in [0.3, 0.4) is 0 Å². The van der Waals surface area contributed by atoms with E-state index in [0.717, 1.165) is 27.8 Å². The van der Waals surface area contributed by atoms with Gasteiger partial charge in [0.15, 0.2) is 0 Å². The third kappa shape index (κ3) is 3.95. The molecule has 1 amide bonds. The number of methoxy groups -OCH3 is 1. The Labute approximate surface area is 181 Å². The molecule has 0 aliphatic carbocycles. The van der Waals surface area contributed by atoms with Crippen molar-refractivity contribution in [1.82, 2.24) is 0 Å². The highest BCUT2D eigenvalue weighted by Crippen LogP contribution is 2.40. The first kappa shape index (κ1) is 21.2. The summed E-state index contributed by atoms with van der Waals surface area (Å²) in [5.74, 6) is 0.455. The molecule has 3 aromatic rings. The number of halogens is 1. The lowest BCUT2D eigenvalue weighted by atomic mass is 9.97. The summed E-state index contributed by atoms with van der Waals surface area (Å²) in [6.45, 7) is 9.09. The number of ether oxygens (including phenoxy) is 1. The number of nitrogen functional groups attached to an aromatic ring is 1. The average molecular weight is 419 g/mol. The number of hydrogen-bond acceptors (Lipinski definition) is 3. The third-order valence-electron chi connectivity index (χ3n) is 4.75. The van der Waals surface area contributed by atoms with E-state index in [1.807, 2.05) is 55.5 Å². The van der Waals surface area contributed by atoms with Crippen molar-refractivity contribution in [2.45, 2.75) is 6.92 Å². The van der Waals surface area contributed by atoms with Crippen molar-refractivity contribution in [3.63, 3.8) is 0 Å². The third-order valence-corrected chi connectivity index (χ3v) is 5.06. The van der Waals surface area contributed by atoms with Crippen LogP contribution in [-0.2, 0) is 4.79 Å². The summed E-state index contributed by atoms with van der Waals surface area (Å²) in [7, 11) is 1.60. The van der Waals surface area contributed by atoms with Gasteiger partial charge in [-0.25, -0.2) is 0 Å². The lowest BCUT2D eigenvalue weighted by Gasteiger charge is -2.12. The van der Waals surface area contributed by atoms with Crippen LogP contribution in [0.4, 0.5) is 11.4 Å². The lowest BCUT2D eigenvalue weighted by Crippen LogP contribution is -2.02. The van der Waals surface area contributed by atoms with Gasteiger partial charge in [0.2, 0.25) is 0 Å². The molecule has 0 saturated heterocycles. The first-order chi connectivity index (χ1) is 14.4. The fourth-order valence-corrected chi connectivity index (χ4v) is 3.54. The molecule has 0 aromatic heterocycles. The fourth-order valence-electron chi connectivity index (χ4n) is 3.27. The number of para-hydroxylation sites is 1. The molecular formula is C25H23ClN2O2. The van der Waals surface area contributed by atoms with Crippen LogP contribution in [-0.4, -0.2) is 13.0 Å². The minimum Gasteiger partial charge on any atom is -0.495 e. The second kappa shape index (κ2) is 8.89. The van der Waals surface area contributed by atoms with E-state index in [2.05, 4.69) is 18.5 Å². The Kier molecular flexibility index (Phi) is 6.28. The van der Waals surface area contributed by atoms with E-state index in [9.17, 15) is 4.79 Å². The summed E-state index contributed by atoms with van der Waals surface area (Å²) in [6.07, 6.45) is 1.75. The van der Waals surface area contributed by atoms with Crippen molar-refractivity contribution in [2.75, 3.05) is 18.2 Å². The Morgan fingerprint density at radius 3 is 2.23 bits per heavy atom. The minimum absolute atomic E-state index is 0.193. The van der Waals surface area contributed by atoms with Crippen molar-refractivity contribution in [3.8, 4) is 28.0 Å². The van der Waals surface area contributed by atoms with E-state index >= 15 is 0 Å². The molecule has 0 saturated carbocycles. The number of nitrogens with two attached hydrogens (primary N) is 1. The molecule has 3 N–H and O–H groups in total.